The molecule has 17 nitrogen and oxygen atoms in total. The summed E-state index contributed by atoms with van der Waals surface area (Å²) in [5.74, 6) is 5.95. The maximum atomic E-state index is 6.33. The number of ether oxygens (including phenoxy) is 2. The number of methoxy groups -OCH3 is 2. The zero-order valence-electron chi connectivity index (χ0n) is 45.7. The topological polar surface area (TPSA) is 215 Å². The van der Waals surface area contributed by atoms with Gasteiger partial charge in [0.25, 0.3) is 0 Å². The summed E-state index contributed by atoms with van der Waals surface area (Å²) < 4.78 is 25.8. The lowest BCUT2D eigenvalue weighted by Crippen LogP contribution is -2.06. The first kappa shape index (κ1) is 65.7. The van der Waals surface area contributed by atoms with Gasteiger partial charge in [-0.3, -0.25) is 9.36 Å². The SMILES string of the molecule is C.CC(C)c1cnn(C)c1N.COc1cc2c(cc1-c1c(C)noc1C)[nH]c1nc(C)nc(Cc3c(C(C)C)cnn3C)c12.COc1cc2c(cc1-c1c(C)noc1C)[nH]c1nc(C)nc(Cl)c12.S=S=S=S=S=S=S=S=S=S=S=S=S. The van der Waals surface area contributed by atoms with Crippen LogP contribution in [0, 0.1) is 41.5 Å². The van der Waals surface area contributed by atoms with Crippen molar-refractivity contribution in [3.63, 3.8) is 0 Å². The van der Waals surface area contributed by atoms with E-state index < -0.39 is 0 Å². The number of rotatable bonds is 8. The van der Waals surface area contributed by atoms with Gasteiger partial charge in [0.1, 0.15) is 56.9 Å². The van der Waals surface area contributed by atoms with Crippen LogP contribution in [0.2, 0.25) is 5.15 Å². The fraction of sp³-hybridized carbons (Fsp3) is 0.360. The first-order valence-corrected chi connectivity index (χ1v) is 40.3. The minimum absolute atomic E-state index is 0. The maximum absolute atomic E-state index is 6.33. The van der Waals surface area contributed by atoms with Gasteiger partial charge in [-0.1, -0.05) is 57.0 Å². The zero-order valence-corrected chi connectivity index (χ0v) is 57.1. The lowest BCUT2D eigenvalue weighted by Gasteiger charge is -2.11. The van der Waals surface area contributed by atoms with E-state index in [2.05, 4.69) is 80.3 Å². The molecule has 31 heteroatoms. The quantitative estimate of drug-likeness (QED) is 0.121. The highest BCUT2D eigenvalue weighted by Crippen LogP contribution is 2.42. The summed E-state index contributed by atoms with van der Waals surface area (Å²) in [5, 5.41) is 20.9. The van der Waals surface area contributed by atoms with Crippen LogP contribution in [-0.2, 0) is 141 Å². The fourth-order valence-electron chi connectivity index (χ4n) is 8.85. The predicted molar refractivity (Wildman–Crippen MR) is 365 cm³/mol. The standard InChI is InChI=1S/C25H28N6O2.C17H15ClN4O2.C7H13N3.CH4.S13/c1-12(2)18-11-26-31(6)21(18)10-20-24-16-9-22(32-7)17(23-13(3)30-33-14(23)4)8-19(16)29-25(24)28-15(5)27-20;1-7-14(8(2)24-22-7)11-5-12-10(6-13(11)23-4)15-16(18)19-9(3)20-17(15)21-12;1-5(2)6-4-9-10(3)7(6)8;;1-3-5-7-9-11-13-12-10-8-6-4-2/h8-9,11-12H,10H2,1-7H3,(H,27,28,29);5-6H,1-4H3,(H,19,20,21);4-5H,8H2,1-3H3;1H4;. The van der Waals surface area contributed by atoms with Crippen molar-refractivity contribution in [3.8, 4) is 33.8 Å². The second-order valence-corrected chi connectivity index (χ2v) is 37.9. The molecule has 0 saturated heterocycles. The van der Waals surface area contributed by atoms with Crippen molar-refractivity contribution in [3.05, 3.63) is 98.9 Å². The van der Waals surface area contributed by atoms with Gasteiger partial charge < -0.3 is 34.2 Å². The minimum Gasteiger partial charge on any atom is -0.496 e. The van der Waals surface area contributed by atoms with Crippen LogP contribution in [0.5, 0.6) is 11.5 Å². The molecule has 434 valence electrons. The molecule has 8 heterocycles. The molecular formula is C50H60ClN13O4S13. The average molecular weight is 1360 g/mol. The van der Waals surface area contributed by atoms with Crippen LogP contribution in [0.4, 0.5) is 5.82 Å². The smallest absolute Gasteiger partial charge is 0.143 e. The molecule has 8 aromatic heterocycles. The van der Waals surface area contributed by atoms with Crippen molar-refractivity contribution in [2.45, 2.75) is 94.9 Å². The number of fused-ring (bicyclic) bond motifs is 6. The predicted octanol–water partition coefficient (Wildman–Crippen LogP) is 11.2. The molecule has 4 N–H and O–H groups in total. The number of nitrogens with two attached hydrogens (primary N) is 1. The van der Waals surface area contributed by atoms with Crippen molar-refractivity contribution >= 4 is 181 Å². The Morgan fingerprint density at radius 1 is 0.617 bits per heavy atom. The van der Waals surface area contributed by atoms with Gasteiger partial charge >= 0.3 is 0 Å². The molecule has 0 aliphatic heterocycles. The van der Waals surface area contributed by atoms with E-state index >= 15 is 0 Å². The van der Waals surface area contributed by atoms with Gasteiger partial charge in [0.2, 0.25) is 0 Å². The third kappa shape index (κ3) is 15.7. The fourth-order valence-corrected chi connectivity index (χ4v) is 33.9. The summed E-state index contributed by atoms with van der Waals surface area (Å²) >= 11 is 15.7. The number of nitrogen functional groups attached to an aromatic ring is 1. The molecule has 0 unspecified atom stereocenters. The van der Waals surface area contributed by atoms with E-state index in [1.54, 1.807) is 98.8 Å². The van der Waals surface area contributed by atoms with Crippen molar-refractivity contribution in [2.75, 3.05) is 20.0 Å². The van der Waals surface area contributed by atoms with Crippen molar-refractivity contribution < 1.29 is 18.5 Å². The Hall–Kier alpha value is -4.41. The second kappa shape index (κ2) is 30.4. The molecule has 0 fully saturated rings. The Morgan fingerprint density at radius 3 is 1.46 bits per heavy atom. The van der Waals surface area contributed by atoms with Crippen molar-refractivity contribution in [1.29, 1.82) is 0 Å². The Kier molecular flexibility index (Phi) is 24.7. The van der Waals surface area contributed by atoms with Gasteiger partial charge in [0.15, 0.2) is 0 Å². The Morgan fingerprint density at radius 2 is 1.05 bits per heavy atom. The molecule has 81 heavy (non-hydrogen) atoms. The summed E-state index contributed by atoms with van der Waals surface area (Å²) in [5.41, 5.74) is 19.0. The van der Waals surface area contributed by atoms with E-state index in [1.807, 2.05) is 84.8 Å². The van der Waals surface area contributed by atoms with Crippen LogP contribution >= 0.6 is 11.6 Å². The molecule has 0 saturated carbocycles. The molecule has 0 aliphatic rings. The third-order valence-electron chi connectivity index (χ3n) is 12.4. The van der Waals surface area contributed by atoms with Gasteiger partial charge in [0, 0.05) is 190 Å². The van der Waals surface area contributed by atoms with Gasteiger partial charge in [0.05, 0.1) is 60.2 Å². The highest BCUT2D eigenvalue weighted by atomic mass is 35.5. The number of aromatic nitrogens is 12. The summed E-state index contributed by atoms with van der Waals surface area (Å²) in [7, 11) is 25.3. The number of nitrogens with zero attached hydrogens (tertiary/aromatic N) is 10. The molecule has 0 atom stereocenters. The molecule has 0 aliphatic carbocycles. The molecule has 0 spiro atoms. The summed E-state index contributed by atoms with van der Waals surface area (Å²) in [6, 6.07) is 8.10. The molecule has 0 radical (unpaired) electrons. The normalized spacial score (nSPS) is 10.7. The maximum Gasteiger partial charge on any atom is 0.143 e. The van der Waals surface area contributed by atoms with Crippen LogP contribution < -0.4 is 15.2 Å². The molecule has 0 bridgehead atoms. The van der Waals surface area contributed by atoms with E-state index in [1.165, 1.54) is 23.3 Å². The van der Waals surface area contributed by atoms with E-state index in [0.717, 1.165) is 123 Å². The van der Waals surface area contributed by atoms with Gasteiger partial charge in [-0.2, -0.15) is 10.2 Å². The molecule has 2 aromatic carbocycles. The molecule has 10 aromatic rings. The van der Waals surface area contributed by atoms with Gasteiger partial charge in [-0.25, -0.2) is 19.9 Å². The Bertz CT molecular complexity index is 4390. The Balaban J connectivity index is 0.000000192. The number of hydrogen-bond acceptors (Lipinski definition) is 15. The van der Waals surface area contributed by atoms with Crippen LogP contribution in [0.15, 0.2) is 45.7 Å². The number of aryl methyl sites for hydroxylation is 8. The zero-order chi connectivity index (χ0) is 57.9. The van der Waals surface area contributed by atoms with Crippen molar-refractivity contribution in [2.24, 2.45) is 14.1 Å². The highest BCUT2D eigenvalue weighted by Gasteiger charge is 2.23. The molecule has 0 amide bonds. The largest absolute Gasteiger partial charge is 0.496 e. The number of nitrogens with one attached hydrogen (secondary N) is 2. The van der Waals surface area contributed by atoms with E-state index in [9.17, 15) is 0 Å². The number of anilines is 1. The van der Waals surface area contributed by atoms with Crippen LogP contribution in [0.25, 0.3) is 66.1 Å². The second-order valence-electron chi connectivity index (χ2n) is 18.1. The molecule has 10 rings (SSSR count). The van der Waals surface area contributed by atoms with E-state index in [4.69, 9.17) is 68.2 Å². The lowest BCUT2D eigenvalue weighted by atomic mass is 9.98. The number of halogens is 1. The van der Waals surface area contributed by atoms with Gasteiger partial charge in [-0.05, 0) is 83.2 Å². The summed E-state index contributed by atoms with van der Waals surface area (Å²) in [6.45, 7) is 20.0. The van der Waals surface area contributed by atoms with Crippen molar-refractivity contribution in [1.82, 2.24) is 59.8 Å². The van der Waals surface area contributed by atoms with E-state index in [0.29, 0.717) is 34.9 Å². The lowest BCUT2D eigenvalue weighted by molar-refractivity contribution is 0.393. The number of benzene rings is 2. The number of aromatic amines is 2. The van der Waals surface area contributed by atoms with Crippen LogP contribution in [0.1, 0.15) is 104 Å². The monoisotopic (exact) mass is 1360 g/mol. The number of H-pyrrole nitrogens is 2. The summed E-state index contributed by atoms with van der Waals surface area (Å²) in [6.07, 6.45) is 4.45. The van der Waals surface area contributed by atoms with Gasteiger partial charge in [-0.15, -0.1) is 0 Å². The van der Waals surface area contributed by atoms with Crippen LogP contribution in [0.3, 0.4) is 0 Å². The average Bonchev–Trinajstić information content (AvgIpc) is 4.49. The Labute approximate surface area is 515 Å². The van der Waals surface area contributed by atoms with Crippen LogP contribution in [-0.4, -0.2) is 74.0 Å². The molecular weight excluding hydrogens is 1300 g/mol. The van der Waals surface area contributed by atoms with E-state index in [-0.39, 0.29) is 7.43 Å². The number of hydrogen-bond donors (Lipinski definition) is 3. The first-order chi connectivity index (χ1) is 38.3. The highest BCUT2D eigenvalue weighted by molar-refractivity contribution is 8.75. The summed E-state index contributed by atoms with van der Waals surface area (Å²) in [4.78, 5) is 25.1. The first-order valence-electron chi connectivity index (χ1n) is 24.0. The minimum atomic E-state index is 0. The third-order valence-corrected chi connectivity index (χ3v) is 34.9.